The first kappa shape index (κ1) is 16.6. The van der Waals surface area contributed by atoms with Crippen molar-refractivity contribution in [2.75, 3.05) is 6.54 Å². The maximum Gasteiger partial charge on any atom is 0.241 e. The Kier molecular flexibility index (Phi) is 5.55. The molecule has 108 valence electrons. The highest BCUT2D eigenvalue weighted by Crippen LogP contribution is 2.20. The van der Waals surface area contributed by atoms with Crippen LogP contribution in [0.25, 0.3) is 0 Å². The van der Waals surface area contributed by atoms with Gasteiger partial charge >= 0.3 is 0 Å². The van der Waals surface area contributed by atoms with Gasteiger partial charge in [-0.25, -0.2) is 13.1 Å². The van der Waals surface area contributed by atoms with Gasteiger partial charge in [-0.2, -0.15) is 0 Å². The Morgan fingerprint density at radius 2 is 1.84 bits per heavy atom. The lowest BCUT2D eigenvalue weighted by atomic mass is 9.92. The first-order valence-electron chi connectivity index (χ1n) is 6.18. The smallest absolute Gasteiger partial charge is 0.241 e. The van der Waals surface area contributed by atoms with Gasteiger partial charge in [-0.15, -0.1) is 0 Å². The fourth-order valence-corrected chi connectivity index (χ4v) is 3.76. The van der Waals surface area contributed by atoms with E-state index in [4.69, 9.17) is 5.73 Å². The molecule has 6 heteroatoms. The van der Waals surface area contributed by atoms with Gasteiger partial charge in [-0.05, 0) is 43.5 Å². The molecule has 0 aliphatic rings. The van der Waals surface area contributed by atoms with Crippen molar-refractivity contribution >= 4 is 26.0 Å². The minimum atomic E-state index is -3.54. The quantitative estimate of drug-likeness (QED) is 0.829. The van der Waals surface area contributed by atoms with Gasteiger partial charge in [-0.3, -0.25) is 0 Å². The molecule has 4 nitrogen and oxygen atoms in total. The lowest BCUT2D eigenvalue weighted by Crippen LogP contribution is -2.51. The summed E-state index contributed by atoms with van der Waals surface area (Å²) in [6, 6.07) is 6.55. The van der Waals surface area contributed by atoms with E-state index in [1.165, 1.54) is 0 Å². The molecular weight excluding hydrogens is 328 g/mol. The molecule has 3 N–H and O–H groups in total. The molecule has 0 bridgehead atoms. The van der Waals surface area contributed by atoms with Crippen LogP contribution in [0.4, 0.5) is 0 Å². The molecule has 0 saturated carbocycles. The topological polar surface area (TPSA) is 72.2 Å². The fraction of sp³-hybridized carbons (Fsp3) is 0.538. The van der Waals surface area contributed by atoms with Crippen LogP contribution >= 0.6 is 15.9 Å². The Labute approximate surface area is 124 Å². The van der Waals surface area contributed by atoms with Crippen LogP contribution in [0.1, 0.15) is 27.2 Å². The highest BCUT2D eigenvalue weighted by Gasteiger charge is 2.30. The molecule has 1 atom stereocenters. The van der Waals surface area contributed by atoms with Crippen molar-refractivity contribution in [3.05, 3.63) is 28.7 Å². The zero-order valence-corrected chi connectivity index (χ0v) is 13.9. The molecule has 0 aliphatic carbocycles. The van der Waals surface area contributed by atoms with Gasteiger partial charge < -0.3 is 5.73 Å². The Bertz CT molecular complexity index is 514. The molecule has 0 aliphatic heterocycles. The van der Waals surface area contributed by atoms with Crippen LogP contribution in [0.5, 0.6) is 0 Å². The molecule has 0 radical (unpaired) electrons. The SMILES string of the molecule is CC(C)CC(C)(CN)NS(=O)(=O)c1ccc(Br)cc1. The molecule has 19 heavy (non-hydrogen) atoms. The first-order valence-corrected chi connectivity index (χ1v) is 8.46. The van der Waals surface area contributed by atoms with E-state index in [9.17, 15) is 8.42 Å². The molecule has 0 fully saturated rings. The predicted molar refractivity (Wildman–Crippen MR) is 81.4 cm³/mol. The van der Waals surface area contributed by atoms with E-state index in [2.05, 4.69) is 20.7 Å². The molecule has 1 aromatic rings. The molecule has 1 rings (SSSR count). The second kappa shape index (κ2) is 6.35. The normalized spacial score (nSPS) is 15.5. The maximum absolute atomic E-state index is 12.3. The molecular formula is C13H21BrN2O2S. The van der Waals surface area contributed by atoms with Crippen LogP contribution in [0, 0.1) is 5.92 Å². The lowest BCUT2D eigenvalue weighted by Gasteiger charge is -2.30. The second-order valence-corrected chi connectivity index (χ2v) is 8.02. The molecule has 1 unspecified atom stereocenters. The maximum atomic E-state index is 12.3. The average Bonchev–Trinajstić information content (AvgIpc) is 2.27. The van der Waals surface area contributed by atoms with Crippen molar-refractivity contribution in [3.8, 4) is 0 Å². The Balaban J connectivity index is 2.98. The molecule has 0 spiro atoms. The number of nitrogens with one attached hydrogen (secondary N) is 1. The van der Waals surface area contributed by atoms with Crippen LogP contribution in [-0.4, -0.2) is 20.5 Å². The lowest BCUT2D eigenvalue weighted by molar-refractivity contribution is 0.344. The summed E-state index contributed by atoms with van der Waals surface area (Å²) < 4.78 is 28.2. The van der Waals surface area contributed by atoms with E-state index in [0.29, 0.717) is 12.3 Å². The summed E-state index contributed by atoms with van der Waals surface area (Å²) in [5.41, 5.74) is 5.11. The summed E-state index contributed by atoms with van der Waals surface area (Å²) in [4.78, 5) is 0.249. The zero-order valence-electron chi connectivity index (χ0n) is 11.5. The van der Waals surface area contributed by atoms with Crippen molar-refractivity contribution in [2.45, 2.75) is 37.6 Å². The van der Waals surface area contributed by atoms with Crippen molar-refractivity contribution in [1.82, 2.24) is 4.72 Å². The standard InChI is InChI=1S/C13H21BrN2O2S/c1-10(2)8-13(3,9-15)16-19(17,18)12-6-4-11(14)5-7-12/h4-7,10,16H,8-9,15H2,1-3H3. The van der Waals surface area contributed by atoms with Crippen LogP contribution in [-0.2, 0) is 10.0 Å². The molecule has 0 aromatic heterocycles. The summed E-state index contributed by atoms with van der Waals surface area (Å²) in [6.45, 7) is 6.19. The van der Waals surface area contributed by atoms with Crippen LogP contribution in [0.2, 0.25) is 0 Å². The number of sulfonamides is 1. The van der Waals surface area contributed by atoms with Gasteiger partial charge in [0.2, 0.25) is 10.0 Å². The third-order valence-corrected chi connectivity index (χ3v) is 5.00. The van der Waals surface area contributed by atoms with Gasteiger partial charge in [0.1, 0.15) is 0 Å². The Morgan fingerprint density at radius 3 is 2.26 bits per heavy atom. The molecule has 1 aromatic carbocycles. The van der Waals surface area contributed by atoms with Crippen molar-refractivity contribution in [2.24, 2.45) is 11.7 Å². The number of hydrogen-bond donors (Lipinski definition) is 2. The Morgan fingerprint density at radius 1 is 1.32 bits per heavy atom. The van der Waals surface area contributed by atoms with Gasteiger partial charge in [0.25, 0.3) is 0 Å². The number of benzene rings is 1. The molecule has 0 amide bonds. The van der Waals surface area contributed by atoms with Gasteiger partial charge in [-0.1, -0.05) is 29.8 Å². The minimum Gasteiger partial charge on any atom is -0.329 e. The van der Waals surface area contributed by atoms with Gasteiger partial charge in [0.05, 0.1) is 4.90 Å². The summed E-state index contributed by atoms with van der Waals surface area (Å²) in [5, 5.41) is 0. The zero-order chi connectivity index (χ0) is 14.7. The van der Waals surface area contributed by atoms with E-state index in [1.54, 1.807) is 24.3 Å². The summed E-state index contributed by atoms with van der Waals surface area (Å²) in [7, 11) is -3.54. The highest BCUT2D eigenvalue weighted by molar-refractivity contribution is 9.10. The predicted octanol–water partition coefficient (Wildman–Crippen LogP) is 2.49. The largest absolute Gasteiger partial charge is 0.329 e. The van der Waals surface area contributed by atoms with Crippen molar-refractivity contribution in [3.63, 3.8) is 0 Å². The third-order valence-electron chi connectivity index (χ3n) is 2.81. The summed E-state index contributed by atoms with van der Waals surface area (Å²) in [6.07, 6.45) is 0.694. The van der Waals surface area contributed by atoms with E-state index in [0.717, 1.165) is 4.47 Å². The number of nitrogens with two attached hydrogens (primary N) is 1. The molecule has 0 saturated heterocycles. The van der Waals surface area contributed by atoms with Gasteiger partial charge in [0, 0.05) is 16.6 Å². The first-order chi connectivity index (χ1) is 8.68. The van der Waals surface area contributed by atoms with Gasteiger partial charge in [0.15, 0.2) is 0 Å². The van der Waals surface area contributed by atoms with E-state index < -0.39 is 15.6 Å². The summed E-state index contributed by atoms with van der Waals surface area (Å²) >= 11 is 3.28. The number of hydrogen-bond acceptors (Lipinski definition) is 3. The average molecular weight is 349 g/mol. The fourth-order valence-electron chi connectivity index (χ4n) is 2.06. The van der Waals surface area contributed by atoms with E-state index in [-0.39, 0.29) is 11.4 Å². The van der Waals surface area contributed by atoms with E-state index in [1.807, 2.05) is 20.8 Å². The van der Waals surface area contributed by atoms with E-state index >= 15 is 0 Å². The van der Waals surface area contributed by atoms with Crippen molar-refractivity contribution in [1.29, 1.82) is 0 Å². The summed E-state index contributed by atoms with van der Waals surface area (Å²) in [5.74, 6) is 0.362. The van der Waals surface area contributed by atoms with Crippen molar-refractivity contribution < 1.29 is 8.42 Å². The van der Waals surface area contributed by atoms with Crippen LogP contribution in [0.15, 0.2) is 33.6 Å². The minimum absolute atomic E-state index is 0.249. The van der Waals surface area contributed by atoms with Crippen LogP contribution in [0.3, 0.4) is 0 Å². The van der Waals surface area contributed by atoms with Crippen LogP contribution < -0.4 is 10.5 Å². The number of rotatable bonds is 6. The monoisotopic (exact) mass is 348 g/mol. The Hall–Kier alpha value is -0.430. The third kappa shape index (κ3) is 4.87. The highest BCUT2D eigenvalue weighted by atomic mass is 79.9. The molecule has 0 heterocycles. The second-order valence-electron chi connectivity index (χ2n) is 5.42. The number of halogens is 1.